The van der Waals surface area contributed by atoms with E-state index in [-0.39, 0.29) is 18.5 Å². The number of hydrogen-bond acceptors (Lipinski definition) is 10. The molecule has 378 valence electrons. The standard InChI is InChI=1S/C55H93NO10/c1-3-5-7-9-11-13-14-15-20-23-27-31-35-39-43-51(60)64-44-40-36-32-28-24-21-18-16-17-19-22-26-30-34-38-42-50(59)56-47(48(58)41-37-33-29-25-12-10-8-6-4-2)46-65-55-54(63)53(62)52(61)49(45-57)66-55/h4,6,9,11-12,14-16,18,21,24-25,37,41,47-49,52-55,57-58,61-63H,3,5,7-8,10,13,17,19-20,22-23,26-36,38-40,42-46H2,1-2H3,(H,56,59)/b6-4+,11-9-,15-14-,18-16-,24-21-,25-12+,41-37+. The molecule has 1 aliphatic heterocycles. The van der Waals surface area contributed by atoms with E-state index in [2.05, 4.69) is 79.1 Å². The molecular weight excluding hydrogens is 835 g/mol. The quantitative estimate of drug-likeness (QED) is 0.0150. The number of ether oxygens (including phenoxy) is 3. The van der Waals surface area contributed by atoms with Crippen LogP contribution in [0.5, 0.6) is 0 Å². The molecule has 0 bridgehead atoms. The lowest BCUT2D eigenvalue weighted by Gasteiger charge is -2.40. The predicted octanol–water partition coefficient (Wildman–Crippen LogP) is 10.7. The molecule has 0 aromatic rings. The van der Waals surface area contributed by atoms with Gasteiger partial charge in [0.15, 0.2) is 6.29 Å². The monoisotopic (exact) mass is 928 g/mol. The van der Waals surface area contributed by atoms with Crippen LogP contribution < -0.4 is 5.32 Å². The minimum Gasteiger partial charge on any atom is -0.466 e. The molecule has 1 amide bonds. The molecule has 0 saturated carbocycles. The van der Waals surface area contributed by atoms with Crippen LogP contribution in [-0.4, -0.2) is 100 Å². The van der Waals surface area contributed by atoms with Crippen molar-refractivity contribution in [2.75, 3.05) is 19.8 Å². The lowest BCUT2D eigenvalue weighted by Crippen LogP contribution is -2.60. The first-order chi connectivity index (χ1) is 32.2. The van der Waals surface area contributed by atoms with Crippen LogP contribution in [0.3, 0.4) is 0 Å². The Balaban J connectivity index is 2.16. The summed E-state index contributed by atoms with van der Waals surface area (Å²) in [6, 6.07) is -0.852. The Bertz CT molecular complexity index is 1370. The van der Waals surface area contributed by atoms with Gasteiger partial charge < -0.3 is 45.1 Å². The lowest BCUT2D eigenvalue weighted by atomic mass is 9.99. The largest absolute Gasteiger partial charge is 0.466 e. The SMILES string of the molecule is C/C=C/CC/C=C/CC/C=C/C(O)C(COC1OC(CO)C(O)C(O)C1O)NC(=O)CCCCCCCC/C=C\C=C/CCCCCOC(=O)CCCCCCC/C=C\C/C=C\CCCC. The number of aliphatic hydroxyl groups is 5. The summed E-state index contributed by atoms with van der Waals surface area (Å²) >= 11 is 0. The Labute approximate surface area is 400 Å². The molecule has 0 aromatic heterocycles. The molecule has 7 unspecified atom stereocenters. The van der Waals surface area contributed by atoms with Crippen LogP contribution in [0.25, 0.3) is 0 Å². The number of aliphatic hydroxyl groups excluding tert-OH is 5. The number of allylic oxidation sites excluding steroid dienone is 13. The van der Waals surface area contributed by atoms with E-state index in [0.717, 1.165) is 109 Å². The van der Waals surface area contributed by atoms with Gasteiger partial charge >= 0.3 is 5.97 Å². The molecule has 1 rings (SSSR count). The van der Waals surface area contributed by atoms with Crippen molar-refractivity contribution in [3.63, 3.8) is 0 Å². The van der Waals surface area contributed by atoms with E-state index in [9.17, 15) is 35.1 Å². The minimum atomic E-state index is -1.59. The van der Waals surface area contributed by atoms with Gasteiger partial charge in [-0.15, -0.1) is 0 Å². The summed E-state index contributed by atoms with van der Waals surface area (Å²) in [6.07, 6.45) is 48.3. The topological polar surface area (TPSA) is 175 Å². The smallest absolute Gasteiger partial charge is 0.305 e. The second-order valence-corrected chi connectivity index (χ2v) is 17.5. The highest BCUT2D eigenvalue weighted by molar-refractivity contribution is 5.76. The number of nitrogens with one attached hydrogen (secondary N) is 1. The normalized spacial score (nSPS) is 20.4. The van der Waals surface area contributed by atoms with Gasteiger partial charge in [-0.1, -0.05) is 150 Å². The van der Waals surface area contributed by atoms with Gasteiger partial charge in [-0.25, -0.2) is 0 Å². The average molecular weight is 928 g/mol. The van der Waals surface area contributed by atoms with E-state index in [4.69, 9.17) is 14.2 Å². The van der Waals surface area contributed by atoms with Crippen molar-refractivity contribution in [1.29, 1.82) is 0 Å². The van der Waals surface area contributed by atoms with Gasteiger partial charge in [-0.05, 0) is 110 Å². The zero-order valence-corrected chi connectivity index (χ0v) is 41.1. The fourth-order valence-corrected chi connectivity index (χ4v) is 7.36. The molecule has 0 spiro atoms. The fourth-order valence-electron chi connectivity index (χ4n) is 7.36. The van der Waals surface area contributed by atoms with Crippen LogP contribution in [-0.2, 0) is 23.8 Å². The molecule has 66 heavy (non-hydrogen) atoms. The molecule has 1 heterocycles. The van der Waals surface area contributed by atoms with E-state index in [1.807, 2.05) is 19.1 Å². The van der Waals surface area contributed by atoms with Crippen molar-refractivity contribution in [2.45, 2.75) is 230 Å². The Morgan fingerprint density at radius 3 is 1.76 bits per heavy atom. The third-order valence-electron chi connectivity index (χ3n) is 11.6. The third-order valence-corrected chi connectivity index (χ3v) is 11.6. The Morgan fingerprint density at radius 2 is 1.14 bits per heavy atom. The Kier molecular flexibility index (Phi) is 40.9. The number of esters is 1. The molecule has 1 saturated heterocycles. The summed E-state index contributed by atoms with van der Waals surface area (Å²) in [5.74, 6) is -0.285. The molecule has 11 nitrogen and oxygen atoms in total. The van der Waals surface area contributed by atoms with E-state index in [1.165, 1.54) is 38.5 Å². The zero-order chi connectivity index (χ0) is 48.1. The molecule has 0 radical (unpaired) electrons. The molecule has 1 fully saturated rings. The maximum atomic E-state index is 12.9. The lowest BCUT2D eigenvalue weighted by molar-refractivity contribution is -0.302. The van der Waals surface area contributed by atoms with Crippen LogP contribution in [0.1, 0.15) is 187 Å². The summed E-state index contributed by atoms with van der Waals surface area (Å²) in [5.41, 5.74) is 0. The Morgan fingerprint density at radius 1 is 0.606 bits per heavy atom. The Hall–Kier alpha value is -3.16. The van der Waals surface area contributed by atoms with E-state index < -0.39 is 49.5 Å². The molecule has 7 atom stereocenters. The van der Waals surface area contributed by atoms with Crippen LogP contribution in [0.15, 0.2) is 85.1 Å². The highest BCUT2D eigenvalue weighted by Gasteiger charge is 2.44. The second kappa shape index (κ2) is 44.4. The van der Waals surface area contributed by atoms with Crippen LogP contribution in [0, 0.1) is 0 Å². The summed E-state index contributed by atoms with van der Waals surface area (Å²) in [4.78, 5) is 25.0. The first-order valence-corrected chi connectivity index (χ1v) is 25.8. The molecule has 11 heteroatoms. The number of rotatable bonds is 42. The first-order valence-electron chi connectivity index (χ1n) is 25.8. The number of hydrogen-bond donors (Lipinski definition) is 6. The fraction of sp³-hybridized carbons (Fsp3) is 0.709. The number of carbonyl (C=O) groups is 2. The van der Waals surface area contributed by atoms with Gasteiger partial charge in [0.05, 0.1) is 32.0 Å². The molecular formula is C55H93NO10. The van der Waals surface area contributed by atoms with Gasteiger partial charge in [0, 0.05) is 12.8 Å². The van der Waals surface area contributed by atoms with E-state index >= 15 is 0 Å². The molecule has 1 aliphatic rings. The molecule has 0 aromatic carbocycles. The summed E-state index contributed by atoms with van der Waals surface area (Å²) < 4.78 is 16.6. The minimum absolute atomic E-state index is 0.0592. The van der Waals surface area contributed by atoms with Crippen LogP contribution in [0.4, 0.5) is 0 Å². The van der Waals surface area contributed by atoms with Gasteiger partial charge in [0.1, 0.15) is 24.4 Å². The van der Waals surface area contributed by atoms with Crippen molar-refractivity contribution < 1.29 is 49.3 Å². The number of unbranched alkanes of at least 4 members (excludes halogenated alkanes) is 18. The van der Waals surface area contributed by atoms with Crippen molar-refractivity contribution in [3.05, 3.63) is 85.1 Å². The van der Waals surface area contributed by atoms with Crippen LogP contribution in [0.2, 0.25) is 0 Å². The third kappa shape index (κ3) is 34.2. The molecule has 6 N–H and O–H groups in total. The highest BCUT2D eigenvalue weighted by atomic mass is 16.7. The van der Waals surface area contributed by atoms with Crippen LogP contribution >= 0.6 is 0 Å². The highest BCUT2D eigenvalue weighted by Crippen LogP contribution is 2.22. The summed E-state index contributed by atoms with van der Waals surface area (Å²) in [5, 5.41) is 54.0. The zero-order valence-electron chi connectivity index (χ0n) is 41.1. The van der Waals surface area contributed by atoms with E-state index in [0.29, 0.717) is 32.3 Å². The number of amides is 1. The number of carbonyl (C=O) groups excluding carboxylic acids is 2. The predicted molar refractivity (Wildman–Crippen MR) is 269 cm³/mol. The van der Waals surface area contributed by atoms with Gasteiger partial charge in [-0.2, -0.15) is 0 Å². The maximum absolute atomic E-state index is 12.9. The van der Waals surface area contributed by atoms with Gasteiger partial charge in [0.25, 0.3) is 0 Å². The first kappa shape index (κ1) is 60.9. The van der Waals surface area contributed by atoms with Crippen molar-refractivity contribution >= 4 is 11.9 Å². The second-order valence-electron chi connectivity index (χ2n) is 17.5. The summed E-state index contributed by atoms with van der Waals surface area (Å²) in [7, 11) is 0. The van der Waals surface area contributed by atoms with Gasteiger partial charge in [-0.3, -0.25) is 9.59 Å². The van der Waals surface area contributed by atoms with Crippen molar-refractivity contribution in [1.82, 2.24) is 5.32 Å². The van der Waals surface area contributed by atoms with Crippen molar-refractivity contribution in [3.8, 4) is 0 Å². The molecule has 0 aliphatic carbocycles. The summed E-state index contributed by atoms with van der Waals surface area (Å²) in [6.45, 7) is 3.93. The van der Waals surface area contributed by atoms with Gasteiger partial charge in [0.2, 0.25) is 5.91 Å². The maximum Gasteiger partial charge on any atom is 0.305 e. The average Bonchev–Trinajstić information content (AvgIpc) is 3.31. The van der Waals surface area contributed by atoms with Crippen molar-refractivity contribution in [2.24, 2.45) is 0 Å². The van der Waals surface area contributed by atoms with E-state index in [1.54, 1.807) is 6.08 Å².